The van der Waals surface area contributed by atoms with E-state index in [9.17, 15) is 4.79 Å². The minimum Gasteiger partial charge on any atom is -0.468 e. The Kier molecular flexibility index (Phi) is 3.79. The van der Waals surface area contributed by atoms with Crippen molar-refractivity contribution in [1.82, 2.24) is 0 Å². The van der Waals surface area contributed by atoms with Gasteiger partial charge >= 0.3 is 0 Å². The summed E-state index contributed by atoms with van der Waals surface area (Å²) in [6, 6.07) is 8.21. The Hall–Kier alpha value is -1.35. The smallest absolute Gasteiger partial charge is 0.221 e. The van der Waals surface area contributed by atoms with Crippen LogP contribution in [-0.2, 0) is 4.79 Å². The summed E-state index contributed by atoms with van der Waals surface area (Å²) in [5.41, 5.74) is 2.24. The number of likely N-dealkylation sites (tertiary alicyclic amines) is 1. The molecule has 1 amide bonds. The molecule has 0 saturated carbocycles. The Morgan fingerprint density at radius 3 is 2.76 bits per heavy atom. The van der Waals surface area contributed by atoms with Gasteiger partial charge in [-0.3, -0.25) is 4.79 Å². The van der Waals surface area contributed by atoms with Gasteiger partial charge in [0.1, 0.15) is 0 Å². The van der Waals surface area contributed by atoms with Crippen molar-refractivity contribution in [3.63, 3.8) is 0 Å². The zero-order chi connectivity index (χ0) is 12.3. The molecule has 2 rings (SSSR count). The van der Waals surface area contributed by atoms with Gasteiger partial charge in [0.05, 0.1) is 13.1 Å². The van der Waals surface area contributed by atoms with Crippen molar-refractivity contribution in [2.45, 2.75) is 25.7 Å². The van der Waals surface area contributed by atoms with Crippen LogP contribution < -0.4 is 10.2 Å². The number of quaternary nitrogens is 1. The summed E-state index contributed by atoms with van der Waals surface area (Å²) in [5.74, 6) is 0.605. The molecule has 1 saturated heterocycles. The second-order valence-corrected chi connectivity index (χ2v) is 4.83. The van der Waals surface area contributed by atoms with E-state index in [1.807, 2.05) is 12.1 Å². The van der Waals surface area contributed by atoms with Gasteiger partial charge in [0.15, 0.2) is 0 Å². The van der Waals surface area contributed by atoms with E-state index in [1.165, 1.54) is 30.2 Å². The van der Waals surface area contributed by atoms with E-state index in [1.54, 1.807) is 0 Å². The molecule has 1 aliphatic rings. The zero-order valence-electron chi connectivity index (χ0n) is 10.3. The average molecular weight is 232 g/mol. The average Bonchev–Trinajstić information content (AvgIpc) is 2.29. The molecule has 0 unspecified atom stereocenters. The Bertz CT molecular complexity index is 395. The predicted molar refractivity (Wildman–Crippen MR) is 68.8 cm³/mol. The molecule has 0 bridgehead atoms. The van der Waals surface area contributed by atoms with Crippen LogP contribution in [0.4, 0.5) is 5.69 Å². The van der Waals surface area contributed by atoms with Gasteiger partial charge in [-0.2, -0.15) is 7.05 Å². The van der Waals surface area contributed by atoms with Gasteiger partial charge in [0, 0.05) is 25.5 Å². The predicted octanol–water partition coefficient (Wildman–Crippen LogP) is 1.20. The van der Waals surface area contributed by atoms with Gasteiger partial charge < -0.3 is 10.2 Å². The first-order valence-corrected chi connectivity index (χ1v) is 6.19. The Morgan fingerprint density at radius 1 is 1.41 bits per heavy atom. The molecule has 0 aliphatic carbocycles. The lowest BCUT2D eigenvalue weighted by Gasteiger charge is -2.31. The molecule has 3 nitrogen and oxygen atoms in total. The lowest BCUT2D eigenvalue weighted by molar-refractivity contribution is -0.859. The van der Waals surface area contributed by atoms with Crippen LogP contribution in [0.2, 0.25) is 0 Å². The van der Waals surface area contributed by atoms with Gasteiger partial charge in [-0.15, -0.1) is 0 Å². The van der Waals surface area contributed by atoms with Gasteiger partial charge in [0.2, 0.25) is 5.91 Å². The fourth-order valence-electron chi connectivity index (χ4n) is 2.43. The molecule has 1 aliphatic heterocycles. The van der Waals surface area contributed by atoms with Gasteiger partial charge in [-0.1, -0.05) is 12.1 Å². The van der Waals surface area contributed by atoms with Gasteiger partial charge in [0.25, 0.3) is 0 Å². The van der Waals surface area contributed by atoms with E-state index in [2.05, 4.69) is 24.5 Å². The van der Waals surface area contributed by atoms with Crippen LogP contribution in [-0.4, -0.2) is 19.0 Å². The first-order valence-electron chi connectivity index (χ1n) is 6.19. The Balaban J connectivity index is 2.07. The van der Waals surface area contributed by atoms with Crippen LogP contribution in [0.3, 0.4) is 0 Å². The summed E-state index contributed by atoms with van der Waals surface area (Å²) >= 11 is 0. The number of hydrogen-bond acceptors (Lipinski definition) is 1. The second kappa shape index (κ2) is 5.32. The van der Waals surface area contributed by atoms with E-state index in [-0.39, 0.29) is 5.91 Å². The highest BCUT2D eigenvalue weighted by Gasteiger charge is 2.18. The third-order valence-corrected chi connectivity index (χ3v) is 3.37. The molecule has 0 radical (unpaired) electrons. The van der Waals surface area contributed by atoms with Crippen molar-refractivity contribution in [3.8, 4) is 0 Å². The molecule has 92 valence electrons. The number of hydrogen-bond donors (Lipinski definition) is 2. The number of rotatable bonds is 2. The van der Waals surface area contributed by atoms with Crippen molar-refractivity contribution in [2.24, 2.45) is 0 Å². The minimum atomic E-state index is -0.0147. The topological polar surface area (TPSA) is 33.5 Å². The van der Waals surface area contributed by atoms with Crippen LogP contribution in [0.1, 0.15) is 31.2 Å². The molecular weight excluding hydrogens is 212 g/mol. The molecule has 0 aromatic heterocycles. The van der Waals surface area contributed by atoms with Crippen LogP contribution in [0.15, 0.2) is 24.3 Å². The fraction of sp³-hybridized carbons (Fsp3) is 0.429. The van der Waals surface area contributed by atoms with E-state index < -0.39 is 0 Å². The molecule has 0 spiro atoms. The molecule has 1 aromatic carbocycles. The van der Waals surface area contributed by atoms with E-state index in [0.29, 0.717) is 5.92 Å². The number of benzene rings is 1. The lowest BCUT2D eigenvalue weighted by atomic mass is 9.89. The molecule has 2 N–H and O–H groups in total. The highest BCUT2D eigenvalue weighted by Crippen LogP contribution is 2.26. The number of anilines is 1. The number of carbonyl (C=O) groups is 1. The first-order chi connectivity index (χ1) is 8.15. The standard InChI is InChI=1S/C14H20N2O/c1-11(17)15-14-5-3-4-13(10-14)12-6-8-16(2)9-7-12/h3-5,10,12,16H,2,6-9H2,1H3,(H,15,17). The third kappa shape index (κ3) is 3.30. The summed E-state index contributed by atoms with van der Waals surface area (Å²) < 4.78 is 0. The highest BCUT2D eigenvalue weighted by atomic mass is 16.1. The second-order valence-electron chi connectivity index (χ2n) is 4.83. The number of piperidine rings is 1. The molecule has 17 heavy (non-hydrogen) atoms. The maximum absolute atomic E-state index is 11.0. The molecular formula is C14H20N2O. The maximum atomic E-state index is 11.0. The fourth-order valence-corrected chi connectivity index (χ4v) is 2.43. The lowest BCUT2D eigenvalue weighted by Crippen LogP contribution is -3.07. The van der Waals surface area contributed by atoms with E-state index >= 15 is 0 Å². The SMILES string of the molecule is [CH2-][NH+]1CCC(c2cccc(NC(C)=O)c2)CC1. The zero-order valence-corrected chi connectivity index (χ0v) is 10.3. The molecule has 3 heteroatoms. The Morgan fingerprint density at radius 2 is 2.12 bits per heavy atom. The van der Waals surface area contributed by atoms with Gasteiger partial charge in [-0.05, 0) is 23.6 Å². The first kappa shape index (κ1) is 12.1. The van der Waals surface area contributed by atoms with Crippen LogP contribution in [0, 0.1) is 7.05 Å². The van der Waals surface area contributed by atoms with Crippen molar-refractivity contribution < 1.29 is 9.69 Å². The molecule has 0 atom stereocenters. The normalized spacial score (nSPS) is 24.4. The quantitative estimate of drug-likeness (QED) is 0.738. The monoisotopic (exact) mass is 232 g/mol. The summed E-state index contributed by atoms with van der Waals surface area (Å²) in [7, 11) is 4.04. The highest BCUT2D eigenvalue weighted by molar-refractivity contribution is 5.88. The minimum absolute atomic E-state index is 0.0147. The number of nitrogens with one attached hydrogen (secondary N) is 2. The van der Waals surface area contributed by atoms with Crippen molar-refractivity contribution >= 4 is 11.6 Å². The summed E-state index contributed by atoms with van der Waals surface area (Å²) in [5, 5.41) is 2.84. The van der Waals surface area contributed by atoms with Crippen LogP contribution in [0.25, 0.3) is 0 Å². The Labute approximate surface area is 103 Å². The third-order valence-electron chi connectivity index (χ3n) is 3.37. The summed E-state index contributed by atoms with van der Waals surface area (Å²) in [6.07, 6.45) is 2.37. The van der Waals surface area contributed by atoms with Gasteiger partial charge in [-0.25, -0.2) is 0 Å². The maximum Gasteiger partial charge on any atom is 0.221 e. The van der Waals surface area contributed by atoms with E-state index in [0.717, 1.165) is 18.8 Å². The van der Waals surface area contributed by atoms with Crippen molar-refractivity contribution in [3.05, 3.63) is 36.9 Å². The molecule has 1 heterocycles. The largest absolute Gasteiger partial charge is 0.468 e. The summed E-state index contributed by atoms with van der Waals surface area (Å²) in [6.45, 7) is 3.81. The molecule has 1 fully saturated rings. The van der Waals surface area contributed by atoms with E-state index in [4.69, 9.17) is 0 Å². The van der Waals surface area contributed by atoms with Crippen molar-refractivity contribution in [2.75, 3.05) is 18.4 Å². The van der Waals surface area contributed by atoms with Crippen LogP contribution >= 0.6 is 0 Å². The van der Waals surface area contributed by atoms with Crippen molar-refractivity contribution in [1.29, 1.82) is 0 Å². The number of amides is 1. The summed E-state index contributed by atoms with van der Waals surface area (Å²) in [4.78, 5) is 12.4. The number of carbonyl (C=O) groups excluding carboxylic acids is 1. The van der Waals surface area contributed by atoms with Crippen LogP contribution in [0.5, 0.6) is 0 Å². The molecule has 1 aromatic rings.